The van der Waals surface area contributed by atoms with E-state index in [1.807, 2.05) is 19.2 Å². The van der Waals surface area contributed by atoms with Gasteiger partial charge in [0.1, 0.15) is 17.2 Å². The van der Waals surface area contributed by atoms with Gasteiger partial charge in [-0.25, -0.2) is 9.37 Å². The van der Waals surface area contributed by atoms with E-state index in [0.29, 0.717) is 29.0 Å². The molecule has 0 saturated carbocycles. The molecule has 6 rings (SSSR count). The summed E-state index contributed by atoms with van der Waals surface area (Å²) in [6.45, 7) is 3.69. The Morgan fingerprint density at radius 3 is 2.83 bits per heavy atom. The zero-order chi connectivity index (χ0) is 20.8. The second-order valence-electron chi connectivity index (χ2n) is 8.01. The van der Waals surface area contributed by atoms with Crippen LogP contribution in [0.15, 0.2) is 36.7 Å². The van der Waals surface area contributed by atoms with E-state index < -0.39 is 11.7 Å². The summed E-state index contributed by atoms with van der Waals surface area (Å²) < 4.78 is 22.0. The zero-order valence-electron chi connectivity index (χ0n) is 17.0. The number of piperazine rings is 1. The van der Waals surface area contributed by atoms with Crippen molar-refractivity contribution in [3.8, 4) is 5.75 Å². The SMILES string of the molecule is COc1cc2nc(C)cn2cc1C(=O)Nc1ccc(N2CC3CCC2CN3)cc1F. The second-order valence-corrected chi connectivity index (χ2v) is 8.01. The van der Waals surface area contributed by atoms with Crippen LogP contribution in [0.5, 0.6) is 5.75 Å². The van der Waals surface area contributed by atoms with Crippen molar-refractivity contribution in [2.45, 2.75) is 31.8 Å². The molecule has 5 heterocycles. The molecule has 30 heavy (non-hydrogen) atoms. The maximum Gasteiger partial charge on any atom is 0.261 e. The standard InChI is InChI=1S/C22H24FN5O2/c1-13-10-27-12-17(20(30-2)8-21(27)25-13)22(29)26-19-6-5-15(7-18(19)23)28-11-14-3-4-16(28)9-24-14/h5-8,10,12,14,16,24H,3-4,9,11H2,1-2H3,(H,26,29). The predicted octanol–water partition coefficient (Wildman–Crippen LogP) is 2.98. The number of nitrogens with zero attached hydrogens (tertiary/aromatic N) is 3. The Bertz CT molecular complexity index is 1120. The van der Waals surface area contributed by atoms with Crippen molar-refractivity contribution in [3.63, 3.8) is 0 Å². The summed E-state index contributed by atoms with van der Waals surface area (Å²) >= 11 is 0. The van der Waals surface area contributed by atoms with Gasteiger partial charge in [-0.15, -0.1) is 0 Å². The van der Waals surface area contributed by atoms with Gasteiger partial charge in [-0.05, 0) is 38.0 Å². The number of amides is 1. The number of nitrogens with one attached hydrogen (secondary N) is 2. The van der Waals surface area contributed by atoms with Crippen molar-refractivity contribution >= 4 is 22.9 Å². The first-order valence-corrected chi connectivity index (χ1v) is 10.2. The van der Waals surface area contributed by atoms with E-state index in [0.717, 1.165) is 30.9 Å². The lowest BCUT2D eigenvalue weighted by Gasteiger charge is -2.47. The third-order valence-electron chi connectivity index (χ3n) is 6.02. The van der Waals surface area contributed by atoms with Crippen molar-refractivity contribution in [2.75, 3.05) is 30.4 Å². The van der Waals surface area contributed by atoms with Gasteiger partial charge >= 0.3 is 0 Å². The number of pyridine rings is 1. The van der Waals surface area contributed by atoms with Crippen LogP contribution < -0.4 is 20.3 Å². The summed E-state index contributed by atoms with van der Waals surface area (Å²) in [6.07, 6.45) is 5.75. The van der Waals surface area contributed by atoms with Gasteiger partial charge in [-0.1, -0.05) is 0 Å². The Morgan fingerprint density at radius 1 is 1.30 bits per heavy atom. The van der Waals surface area contributed by atoms with Crippen molar-refractivity contribution in [1.82, 2.24) is 14.7 Å². The van der Waals surface area contributed by atoms with Gasteiger partial charge in [0.25, 0.3) is 5.91 Å². The molecule has 0 aliphatic carbocycles. The molecule has 7 nitrogen and oxygen atoms in total. The van der Waals surface area contributed by atoms with Crippen molar-refractivity contribution in [2.24, 2.45) is 0 Å². The van der Waals surface area contributed by atoms with Crippen LogP contribution in [-0.4, -0.2) is 47.6 Å². The van der Waals surface area contributed by atoms with Crippen molar-refractivity contribution < 1.29 is 13.9 Å². The van der Waals surface area contributed by atoms with Crippen LogP contribution in [0.1, 0.15) is 28.9 Å². The quantitative estimate of drug-likeness (QED) is 0.693. The minimum absolute atomic E-state index is 0.146. The molecule has 1 amide bonds. The van der Waals surface area contributed by atoms with E-state index in [2.05, 4.69) is 20.5 Å². The second kappa shape index (κ2) is 7.28. The van der Waals surface area contributed by atoms with E-state index >= 15 is 0 Å². The number of halogens is 1. The van der Waals surface area contributed by atoms with E-state index in [1.54, 1.807) is 22.7 Å². The highest BCUT2D eigenvalue weighted by molar-refractivity contribution is 6.06. The summed E-state index contributed by atoms with van der Waals surface area (Å²) in [4.78, 5) is 19.5. The Hall–Kier alpha value is -3.13. The molecule has 3 aliphatic heterocycles. The monoisotopic (exact) mass is 409 g/mol. The number of anilines is 2. The molecule has 2 bridgehead atoms. The minimum atomic E-state index is -0.450. The molecule has 2 atom stereocenters. The fourth-order valence-electron chi connectivity index (χ4n) is 4.48. The zero-order valence-corrected chi connectivity index (χ0v) is 17.0. The Labute approximate surface area is 173 Å². The number of imidazole rings is 1. The molecule has 3 aliphatic rings. The van der Waals surface area contributed by atoms with Crippen LogP contribution in [0, 0.1) is 12.7 Å². The molecule has 3 aromatic rings. The number of aromatic nitrogens is 2. The molecule has 2 N–H and O–H groups in total. The lowest BCUT2D eigenvalue weighted by atomic mass is 9.92. The maximum atomic E-state index is 14.9. The third-order valence-corrected chi connectivity index (χ3v) is 6.02. The van der Waals surface area contributed by atoms with Gasteiger partial charge in [-0.2, -0.15) is 0 Å². The van der Waals surface area contributed by atoms with E-state index in [9.17, 15) is 9.18 Å². The fourth-order valence-corrected chi connectivity index (χ4v) is 4.48. The molecule has 156 valence electrons. The molecular formula is C22H24FN5O2. The van der Waals surface area contributed by atoms with Crippen LogP contribution in [0.2, 0.25) is 0 Å². The number of rotatable bonds is 4. The largest absolute Gasteiger partial charge is 0.496 e. The highest BCUT2D eigenvalue weighted by Gasteiger charge is 2.33. The van der Waals surface area contributed by atoms with E-state index in [1.165, 1.54) is 19.6 Å². The molecule has 3 saturated heterocycles. The summed E-state index contributed by atoms with van der Waals surface area (Å²) in [7, 11) is 1.50. The first kappa shape index (κ1) is 18.9. The molecular weight excluding hydrogens is 385 g/mol. The summed E-state index contributed by atoms with van der Waals surface area (Å²) in [5, 5.41) is 6.18. The number of ether oxygens (including phenoxy) is 1. The average Bonchev–Trinajstić information content (AvgIpc) is 3.13. The van der Waals surface area contributed by atoms with Crippen LogP contribution in [0.3, 0.4) is 0 Å². The number of carbonyl (C=O) groups is 1. The van der Waals surface area contributed by atoms with Crippen LogP contribution in [0.25, 0.3) is 5.65 Å². The van der Waals surface area contributed by atoms with Gasteiger partial charge in [0, 0.05) is 49.3 Å². The Balaban J connectivity index is 1.39. The number of carbonyl (C=O) groups excluding carboxylic acids is 1. The Morgan fingerprint density at radius 2 is 2.17 bits per heavy atom. The van der Waals surface area contributed by atoms with Gasteiger partial charge < -0.3 is 24.7 Å². The minimum Gasteiger partial charge on any atom is -0.496 e. The van der Waals surface area contributed by atoms with Gasteiger partial charge in [0.15, 0.2) is 0 Å². The highest BCUT2D eigenvalue weighted by atomic mass is 19.1. The highest BCUT2D eigenvalue weighted by Crippen LogP contribution is 2.31. The number of hydrogen-bond donors (Lipinski definition) is 2. The third kappa shape index (κ3) is 3.27. The number of methoxy groups -OCH3 is 1. The van der Waals surface area contributed by atoms with Gasteiger partial charge in [0.05, 0.1) is 24.1 Å². The van der Waals surface area contributed by atoms with Gasteiger partial charge in [0.2, 0.25) is 0 Å². The van der Waals surface area contributed by atoms with Crippen LogP contribution >= 0.6 is 0 Å². The topological polar surface area (TPSA) is 70.9 Å². The molecule has 8 heteroatoms. The first-order chi connectivity index (χ1) is 14.5. The number of hydrogen-bond acceptors (Lipinski definition) is 5. The van der Waals surface area contributed by atoms with E-state index in [-0.39, 0.29) is 5.69 Å². The predicted molar refractivity (Wildman–Crippen MR) is 113 cm³/mol. The molecule has 2 unspecified atom stereocenters. The van der Waals surface area contributed by atoms with Gasteiger partial charge in [-0.3, -0.25) is 4.79 Å². The molecule has 0 spiro atoms. The van der Waals surface area contributed by atoms with Crippen molar-refractivity contribution in [3.05, 3.63) is 53.7 Å². The maximum absolute atomic E-state index is 14.9. The number of piperidine rings is 2. The summed E-state index contributed by atoms with van der Waals surface area (Å²) in [5.41, 5.74) is 2.83. The number of aryl methyl sites for hydroxylation is 1. The smallest absolute Gasteiger partial charge is 0.261 e. The average molecular weight is 409 g/mol. The lowest BCUT2D eigenvalue weighted by Crippen LogP contribution is -2.61. The fraction of sp³-hybridized carbons (Fsp3) is 0.364. The van der Waals surface area contributed by atoms with E-state index in [4.69, 9.17) is 4.74 Å². The van der Waals surface area contributed by atoms with Crippen LogP contribution in [-0.2, 0) is 0 Å². The lowest BCUT2D eigenvalue weighted by molar-refractivity contribution is 0.102. The summed E-state index contributed by atoms with van der Waals surface area (Å²) in [5.74, 6) is -0.499. The first-order valence-electron chi connectivity index (χ1n) is 10.2. The Kier molecular flexibility index (Phi) is 4.58. The van der Waals surface area contributed by atoms with Crippen LogP contribution in [0.4, 0.5) is 15.8 Å². The number of fused-ring (bicyclic) bond motifs is 4. The molecule has 3 fully saturated rings. The van der Waals surface area contributed by atoms with Crippen molar-refractivity contribution in [1.29, 1.82) is 0 Å². The molecule has 0 radical (unpaired) electrons. The number of benzene rings is 1. The molecule has 1 aromatic carbocycles. The normalized spacial score (nSPS) is 20.6. The summed E-state index contributed by atoms with van der Waals surface area (Å²) in [6, 6.07) is 7.57. The molecule has 2 aromatic heterocycles.